The molecule has 0 atom stereocenters. The van der Waals surface area contributed by atoms with E-state index in [2.05, 4.69) is 5.32 Å². The highest BCUT2D eigenvalue weighted by molar-refractivity contribution is 5.94. The molecule has 0 radical (unpaired) electrons. The molecule has 5 nitrogen and oxygen atoms in total. The normalized spacial score (nSPS) is 12.1. The molecular weight excluding hydrogens is 282 g/mol. The lowest BCUT2D eigenvalue weighted by molar-refractivity contribution is -0.115. The molecule has 0 saturated carbocycles. The summed E-state index contributed by atoms with van der Waals surface area (Å²) in [5.41, 5.74) is 2.52. The number of fused-ring (bicyclic) bond motifs is 1. The summed E-state index contributed by atoms with van der Waals surface area (Å²) in [4.78, 5) is 12.3. The predicted molar refractivity (Wildman–Crippen MR) is 82.6 cm³/mol. The fraction of sp³-hybridized carbons (Fsp3) is 0.235. The van der Waals surface area contributed by atoms with Crippen LogP contribution in [0.15, 0.2) is 36.4 Å². The fourth-order valence-electron chi connectivity index (χ4n) is 2.42. The maximum absolute atomic E-state index is 12.3. The quantitative estimate of drug-likeness (QED) is 0.943. The van der Waals surface area contributed by atoms with Gasteiger partial charge in [-0.25, -0.2) is 0 Å². The highest BCUT2D eigenvalue weighted by atomic mass is 16.7. The van der Waals surface area contributed by atoms with Gasteiger partial charge in [-0.05, 0) is 30.7 Å². The van der Waals surface area contributed by atoms with Gasteiger partial charge in [0, 0.05) is 5.56 Å². The highest BCUT2D eigenvalue weighted by Gasteiger charge is 2.19. The summed E-state index contributed by atoms with van der Waals surface area (Å²) in [5, 5.41) is 2.88. The summed E-state index contributed by atoms with van der Waals surface area (Å²) in [6, 6.07) is 11.2. The number of hydrogen-bond donors (Lipinski definition) is 1. The van der Waals surface area contributed by atoms with Crippen LogP contribution in [0.5, 0.6) is 17.2 Å². The second kappa shape index (κ2) is 5.97. The second-order valence-electron chi connectivity index (χ2n) is 5.08. The number of amides is 1. The van der Waals surface area contributed by atoms with Crippen LogP contribution >= 0.6 is 0 Å². The number of carbonyl (C=O) groups is 1. The molecule has 5 heteroatoms. The molecule has 0 spiro atoms. The summed E-state index contributed by atoms with van der Waals surface area (Å²) in [7, 11) is 1.58. The number of anilines is 1. The molecule has 0 aromatic heterocycles. The monoisotopic (exact) mass is 299 g/mol. The summed E-state index contributed by atoms with van der Waals surface area (Å²) in [6.45, 7) is 2.16. The molecule has 114 valence electrons. The zero-order chi connectivity index (χ0) is 15.5. The molecule has 0 saturated heterocycles. The van der Waals surface area contributed by atoms with Crippen LogP contribution in [-0.2, 0) is 11.2 Å². The number of ether oxygens (including phenoxy) is 3. The molecule has 22 heavy (non-hydrogen) atoms. The number of aryl methyl sites for hydroxylation is 1. The van der Waals surface area contributed by atoms with E-state index in [4.69, 9.17) is 14.2 Å². The van der Waals surface area contributed by atoms with Crippen molar-refractivity contribution in [3.63, 3.8) is 0 Å². The number of methoxy groups -OCH3 is 1. The van der Waals surface area contributed by atoms with Gasteiger partial charge in [-0.15, -0.1) is 0 Å². The van der Waals surface area contributed by atoms with Crippen molar-refractivity contribution in [1.82, 2.24) is 0 Å². The van der Waals surface area contributed by atoms with Crippen LogP contribution in [0, 0.1) is 6.92 Å². The topological polar surface area (TPSA) is 56.8 Å². The zero-order valence-corrected chi connectivity index (χ0v) is 12.5. The average molecular weight is 299 g/mol. The molecular formula is C17H17NO4. The lowest BCUT2D eigenvalue weighted by atomic mass is 10.1. The molecule has 0 unspecified atom stereocenters. The first kappa shape index (κ1) is 14.3. The molecule has 0 fully saturated rings. The van der Waals surface area contributed by atoms with Gasteiger partial charge in [0.25, 0.3) is 0 Å². The van der Waals surface area contributed by atoms with Crippen molar-refractivity contribution in [2.24, 2.45) is 0 Å². The number of para-hydroxylation sites is 1. The van der Waals surface area contributed by atoms with E-state index in [1.165, 1.54) is 0 Å². The van der Waals surface area contributed by atoms with Gasteiger partial charge in [-0.2, -0.15) is 0 Å². The fourth-order valence-corrected chi connectivity index (χ4v) is 2.42. The van der Waals surface area contributed by atoms with Crippen LogP contribution in [0.2, 0.25) is 0 Å². The first-order chi connectivity index (χ1) is 10.7. The Morgan fingerprint density at radius 1 is 1.27 bits per heavy atom. The molecule has 1 aliphatic heterocycles. The van der Waals surface area contributed by atoms with Crippen LogP contribution in [0.25, 0.3) is 0 Å². The Morgan fingerprint density at radius 3 is 2.95 bits per heavy atom. The van der Waals surface area contributed by atoms with E-state index >= 15 is 0 Å². The van der Waals surface area contributed by atoms with Crippen LogP contribution in [0.4, 0.5) is 5.69 Å². The maximum atomic E-state index is 12.3. The maximum Gasteiger partial charge on any atom is 0.231 e. The lowest BCUT2D eigenvalue weighted by Crippen LogP contribution is -2.15. The third-order valence-corrected chi connectivity index (χ3v) is 3.46. The molecule has 1 N–H and O–H groups in total. The van der Waals surface area contributed by atoms with Crippen molar-refractivity contribution in [3.8, 4) is 17.2 Å². The smallest absolute Gasteiger partial charge is 0.231 e. The third-order valence-electron chi connectivity index (χ3n) is 3.46. The molecule has 2 aromatic carbocycles. The van der Waals surface area contributed by atoms with Crippen molar-refractivity contribution in [3.05, 3.63) is 47.5 Å². The van der Waals surface area contributed by atoms with Crippen LogP contribution in [0.1, 0.15) is 11.1 Å². The molecule has 2 aromatic rings. The van der Waals surface area contributed by atoms with E-state index in [0.717, 1.165) is 11.1 Å². The Kier molecular flexibility index (Phi) is 3.87. The number of hydrogen-bond acceptors (Lipinski definition) is 4. The first-order valence-corrected chi connectivity index (χ1v) is 6.99. The van der Waals surface area contributed by atoms with E-state index in [0.29, 0.717) is 22.9 Å². The lowest BCUT2D eigenvalue weighted by Gasteiger charge is -2.11. The van der Waals surface area contributed by atoms with Gasteiger partial charge in [-0.3, -0.25) is 4.79 Å². The van der Waals surface area contributed by atoms with Crippen molar-refractivity contribution in [2.45, 2.75) is 13.3 Å². The zero-order valence-electron chi connectivity index (χ0n) is 12.5. The Hall–Kier alpha value is -2.69. The van der Waals surface area contributed by atoms with Gasteiger partial charge in [0.05, 0.1) is 19.2 Å². The predicted octanol–water partition coefficient (Wildman–Crippen LogP) is 2.91. The highest BCUT2D eigenvalue weighted by Crippen LogP contribution is 2.35. The largest absolute Gasteiger partial charge is 0.495 e. The second-order valence-corrected chi connectivity index (χ2v) is 5.08. The van der Waals surface area contributed by atoms with Crippen molar-refractivity contribution < 1.29 is 19.0 Å². The number of nitrogens with one attached hydrogen (secondary N) is 1. The van der Waals surface area contributed by atoms with Crippen LogP contribution < -0.4 is 19.5 Å². The summed E-state index contributed by atoms with van der Waals surface area (Å²) >= 11 is 0. The van der Waals surface area contributed by atoms with Gasteiger partial charge in [0.1, 0.15) is 5.75 Å². The summed E-state index contributed by atoms with van der Waals surface area (Å²) in [5.74, 6) is 1.83. The Labute approximate surface area is 128 Å². The summed E-state index contributed by atoms with van der Waals surface area (Å²) in [6.07, 6.45) is 0.212. The average Bonchev–Trinajstić information content (AvgIpc) is 2.97. The molecule has 0 aliphatic carbocycles. The van der Waals surface area contributed by atoms with Crippen molar-refractivity contribution in [1.29, 1.82) is 0 Å². The Balaban J connectivity index is 1.76. The molecule has 1 aliphatic rings. The van der Waals surface area contributed by atoms with Gasteiger partial charge in [0.15, 0.2) is 11.5 Å². The number of carbonyl (C=O) groups excluding carboxylic acids is 1. The number of rotatable bonds is 4. The molecule has 3 rings (SSSR count). The standard InChI is InChI=1S/C17H17NO4/c1-11-6-7-14(20-2)13(8-11)18-16(19)9-12-4-3-5-15-17(12)22-10-21-15/h3-8H,9-10H2,1-2H3,(H,18,19). The SMILES string of the molecule is COc1ccc(C)cc1NC(=O)Cc1cccc2c1OCO2. The van der Waals surface area contributed by atoms with Gasteiger partial charge in [0.2, 0.25) is 12.7 Å². The summed E-state index contributed by atoms with van der Waals surface area (Å²) < 4.78 is 16.0. The minimum atomic E-state index is -0.132. The molecule has 1 heterocycles. The Bertz CT molecular complexity index is 706. The minimum absolute atomic E-state index is 0.132. The van der Waals surface area contributed by atoms with Gasteiger partial charge in [-0.1, -0.05) is 18.2 Å². The first-order valence-electron chi connectivity index (χ1n) is 6.99. The van der Waals surface area contributed by atoms with Gasteiger partial charge >= 0.3 is 0 Å². The van der Waals surface area contributed by atoms with Crippen LogP contribution in [-0.4, -0.2) is 19.8 Å². The van der Waals surface area contributed by atoms with E-state index in [1.807, 2.05) is 43.3 Å². The number of benzene rings is 2. The molecule has 1 amide bonds. The minimum Gasteiger partial charge on any atom is -0.495 e. The van der Waals surface area contributed by atoms with Crippen LogP contribution in [0.3, 0.4) is 0 Å². The van der Waals surface area contributed by atoms with Crippen molar-refractivity contribution in [2.75, 3.05) is 19.2 Å². The van der Waals surface area contributed by atoms with E-state index < -0.39 is 0 Å². The Morgan fingerprint density at radius 2 is 2.14 bits per heavy atom. The molecule has 0 bridgehead atoms. The van der Waals surface area contributed by atoms with E-state index in [9.17, 15) is 4.79 Å². The van der Waals surface area contributed by atoms with E-state index in [-0.39, 0.29) is 19.1 Å². The van der Waals surface area contributed by atoms with Crippen molar-refractivity contribution >= 4 is 11.6 Å². The third kappa shape index (κ3) is 2.83. The van der Waals surface area contributed by atoms with E-state index in [1.54, 1.807) is 7.11 Å². The van der Waals surface area contributed by atoms with Gasteiger partial charge < -0.3 is 19.5 Å².